The van der Waals surface area contributed by atoms with Gasteiger partial charge in [0.1, 0.15) is 5.69 Å². The zero-order valence-electron chi connectivity index (χ0n) is 11.1. The van der Waals surface area contributed by atoms with Crippen LogP contribution in [0.25, 0.3) is 10.6 Å². The monoisotopic (exact) mass is 279 g/mol. The Balaban J connectivity index is 2.38. The van der Waals surface area contributed by atoms with Gasteiger partial charge in [-0.2, -0.15) is 0 Å². The van der Waals surface area contributed by atoms with Crippen LogP contribution in [0.1, 0.15) is 37.2 Å². The molecule has 0 saturated heterocycles. The lowest BCUT2D eigenvalue weighted by molar-refractivity contribution is 0.0520. The maximum atomic E-state index is 11.9. The number of hydrogen-bond acceptors (Lipinski definition) is 5. The summed E-state index contributed by atoms with van der Waals surface area (Å²) in [7, 11) is 0. The number of carbonyl (C=O) groups is 1. The van der Waals surface area contributed by atoms with Gasteiger partial charge in [-0.15, -0.1) is 16.4 Å². The van der Waals surface area contributed by atoms with Crippen molar-refractivity contribution in [3.05, 3.63) is 23.2 Å². The standard InChI is InChI=1S/C13H17N3O2S/c1-3-5-8-16-12(10-7-6-9-19-10)11(14-15-16)13(17)18-4-2/h6-7,9H,3-5,8H2,1-2H3. The predicted molar refractivity (Wildman–Crippen MR) is 74.2 cm³/mol. The van der Waals surface area contributed by atoms with Crippen LogP contribution >= 0.6 is 11.3 Å². The second kappa shape index (κ2) is 6.47. The van der Waals surface area contributed by atoms with E-state index in [1.54, 1.807) is 22.9 Å². The van der Waals surface area contributed by atoms with Crippen molar-refractivity contribution in [2.75, 3.05) is 6.61 Å². The molecular formula is C13H17N3O2S. The summed E-state index contributed by atoms with van der Waals surface area (Å²) in [6.45, 7) is 5.00. The Morgan fingerprint density at radius 3 is 2.95 bits per heavy atom. The summed E-state index contributed by atoms with van der Waals surface area (Å²) < 4.78 is 6.83. The van der Waals surface area contributed by atoms with Gasteiger partial charge in [0.2, 0.25) is 0 Å². The molecule has 0 aliphatic heterocycles. The molecule has 0 spiro atoms. The Bertz CT molecular complexity index is 534. The van der Waals surface area contributed by atoms with Gasteiger partial charge in [-0.3, -0.25) is 0 Å². The molecule has 0 aromatic carbocycles. The zero-order chi connectivity index (χ0) is 13.7. The van der Waals surface area contributed by atoms with Gasteiger partial charge in [-0.25, -0.2) is 9.48 Å². The summed E-state index contributed by atoms with van der Waals surface area (Å²) in [5.74, 6) is -0.409. The van der Waals surface area contributed by atoms with Crippen molar-refractivity contribution in [1.82, 2.24) is 15.0 Å². The van der Waals surface area contributed by atoms with Crippen molar-refractivity contribution >= 4 is 17.3 Å². The average Bonchev–Trinajstić information content (AvgIpc) is 3.05. The van der Waals surface area contributed by atoms with Crippen LogP contribution in [0.2, 0.25) is 0 Å². The fourth-order valence-electron chi connectivity index (χ4n) is 1.77. The highest BCUT2D eigenvalue weighted by Gasteiger charge is 2.22. The number of thiophene rings is 1. The van der Waals surface area contributed by atoms with Crippen LogP contribution in [0.3, 0.4) is 0 Å². The van der Waals surface area contributed by atoms with E-state index in [1.165, 1.54) is 0 Å². The van der Waals surface area contributed by atoms with Crippen molar-refractivity contribution in [2.45, 2.75) is 33.2 Å². The highest BCUT2D eigenvalue weighted by Crippen LogP contribution is 2.27. The molecule has 0 aliphatic rings. The van der Waals surface area contributed by atoms with Gasteiger partial charge in [-0.1, -0.05) is 24.6 Å². The maximum absolute atomic E-state index is 11.9. The van der Waals surface area contributed by atoms with Gasteiger partial charge in [0.25, 0.3) is 0 Å². The van der Waals surface area contributed by atoms with Crippen molar-refractivity contribution in [2.24, 2.45) is 0 Å². The minimum atomic E-state index is -0.409. The molecule has 2 rings (SSSR count). The molecule has 0 N–H and O–H groups in total. The summed E-state index contributed by atoms with van der Waals surface area (Å²) in [4.78, 5) is 12.9. The van der Waals surface area contributed by atoms with Crippen molar-refractivity contribution in [3.63, 3.8) is 0 Å². The highest BCUT2D eigenvalue weighted by molar-refractivity contribution is 7.13. The number of aryl methyl sites for hydroxylation is 1. The van der Waals surface area contributed by atoms with Gasteiger partial charge in [0, 0.05) is 6.54 Å². The van der Waals surface area contributed by atoms with E-state index in [9.17, 15) is 4.79 Å². The Kier molecular flexibility index (Phi) is 4.68. The molecule has 19 heavy (non-hydrogen) atoms. The minimum Gasteiger partial charge on any atom is -0.461 e. The Hall–Kier alpha value is -1.69. The van der Waals surface area contributed by atoms with E-state index < -0.39 is 5.97 Å². The first kappa shape index (κ1) is 13.7. The first-order valence-corrected chi connectivity index (χ1v) is 7.30. The third-order valence-corrected chi connectivity index (χ3v) is 3.56. The first-order chi connectivity index (χ1) is 9.27. The van der Waals surface area contributed by atoms with Crippen molar-refractivity contribution < 1.29 is 9.53 Å². The molecule has 0 bridgehead atoms. The van der Waals surface area contributed by atoms with E-state index in [0.717, 1.165) is 30.0 Å². The van der Waals surface area contributed by atoms with E-state index in [4.69, 9.17) is 4.74 Å². The van der Waals surface area contributed by atoms with E-state index in [-0.39, 0.29) is 0 Å². The molecule has 102 valence electrons. The Morgan fingerprint density at radius 2 is 2.32 bits per heavy atom. The molecule has 5 nitrogen and oxygen atoms in total. The number of ether oxygens (including phenoxy) is 1. The van der Waals surface area contributed by atoms with Gasteiger partial charge in [0.15, 0.2) is 5.69 Å². The van der Waals surface area contributed by atoms with Gasteiger partial charge >= 0.3 is 5.97 Å². The molecule has 2 heterocycles. The zero-order valence-corrected chi connectivity index (χ0v) is 11.9. The van der Waals surface area contributed by atoms with Gasteiger partial charge < -0.3 is 4.74 Å². The number of unbranched alkanes of at least 4 members (excludes halogenated alkanes) is 1. The van der Waals surface area contributed by atoms with E-state index >= 15 is 0 Å². The second-order valence-corrected chi connectivity index (χ2v) is 5.01. The summed E-state index contributed by atoms with van der Waals surface area (Å²) >= 11 is 1.57. The fraction of sp³-hybridized carbons (Fsp3) is 0.462. The van der Waals surface area contributed by atoms with E-state index in [1.807, 2.05) is 17.5 Å². The van der Waals surface area contributed by atoms with Gasteiger partial charge in [0.05, 0.1) is 11.5 Å². The number of hydrogen-bond donors (Lipinski definition) is 0. The summed E-state index contributed by atoms with van der Waals surface area (Å²) in [6.07, 6.45) is 2.07. The number of rotatable bonds is 6. The number of nitrogens with zero attached hydrogens (tertiary/aromatic N) is 3. The lowest BCUT2D eigenvalue weighted by atomic mass is 10.2. The van der Waals surface area contributed by atoms with Crippen LogP contribution in [-0.4, -0.2) is 27.6 Å². The SMILES string of the molecule is CCCCn1nnc(C(=O)OCC)c1-c1cccs1. The molecule has 6 heteroatoms. The quantitative estimate of drug-likeness (QED) is 0.763. The van der Waals surface area contributed by atoms with Crippen LogP contribution in [-0.2, 0) is 11.3 Å². The van der Waals surface area contributed by atoms with Crippen molar-refractivity contribution in [3.8, 4) is 10.6 Å². The number of aromatic nitrogens is 3. The molecule has 0 aliphatic carbocycles. The van der Waals surface area contributed by atoms with Crippen LogP contribution in [0.15, 0.2) is 17.5 Å². The molecule has 0 radical (unpaired) electrons. The third kappa shape index (κ3) is 3.01. The molecule has 2 aromatic heterocycles. The summed E-state index contributed by atoms with van der Waals surface area (Å²) in [5, 5.41) is 10.0. The summed E-state index contributed by atoms with van der Waals surface area (Å²) in [5.41, 5.74) is 1.07. The highest BCUT2D eigenvalue weighted by atomic mass is 32.1. The normalized spacial score (nSPS) is 10.6. The Morgan fingerprint density at radius 1 is 1.47 bits per heavy atom. The number of carbonyl (C=O) groups excluding carboxylic acids is 1. The second-order valence-electron chi connectivity index (χ2n) is 4.06. The first-order valence-electron chi connectivity index (χ1n) is 6.42. The topological polar surface area (TPSA) is 57.0 Å². The molecule has 0 unspecified atom stereocenters. The maximum Gasteiger partial charge on any atom is 0.361 e. The third-order valence-electron chi connectivity index (χ3n) is 2.68. The molecule has 0 atom stereocenters. The van der Waals surface area contributed by atoms with Crippen LogP contribution in [0.5, 0.6) is 0 Å². The number of esters is 1. The van der Waals surface area contributed by atoms with Crippen LogP contribution in [0, 0.1) is 0 Å². The van der Waals surface area contributed by atoms with Crippen LogP contribution < -0.4 is 0 Å². The molecule has 0 saturated carbocycles. The van der Waals surface area contributed by atoms with Crippen LogP contribution in [0.4, 0.5) is 0 Å². The predicted octanol–water partition coefficient (Wildman–Crippen LogP) is 2.98. The molecule has 0 amide bonds. The lowest BCUT2D eigenvalue weighted by Crippen LogP contribution is -2.08. The molecule has 0 fully saturated rings. The molecule has 2 aromatic rings. The lowest BCUT2D eigenvalue weighted by Gasteiger charge is -2.05. The largest absolute Gasteiger partial charge is 0.461 e. The van der Waals surface area contributed by atoms with E-state index in [2.05, 4.69) is 17.2 Å². The average molecular weight is 279 g/mol. The Labute approximate surface area is 116 Å². The van der Waals surface area contributed by atoms with E-state index in [0.29, 0.717) is 12.3 Å². The fourth-order valence-corrected chi connectivity index (χ4v) is 2.55. The molecular weight excluding hydrogens is 262 g/mol. The van der Waals surface area contributed by atoms with Crippen molar-refractivity contribution in [1.29, 1.82) is 0 Å². The summed E-state index contributed by atoms with van der Waals surface area (Å²) in [6, 6.07) is 3.92. The minimum absolute atomic E-state index is 0.306. The van der Waals surface area contributed by atoms with Gasteiger partial charge in [-0.05, 0) is 24.8 Å². The smallest absolute Gasteiger partial charge is 0.361 e.